The van der Waals surface area contributed by atoms with Crippen molar-refractivity contribution in [2.45, 2.75) is 43.8 Å². The van der Waals surface area contributed by atoms with Crippen LogP contribution in [0.3, 0.4) is 0 Å². The van der Waals surface area contributed by atoms with Crippen LogP contribution >= 0.6 is 11.8 Å². The van der Waals surface area contributed by atoms with Gasteiger partial charge in [0, 0.05) is 6.54 Å². The van der Waals surface area contributed by atoms with Gasteiger partial charge in [-0.05, 0) is 31.3 Å². The molecule has 1 rings (SSSR count). The number of hydrogen-bond donors (Lipinski definition) is 4. The molecule has 0 spiro atoms. The van der Waals surface area contributed by atoms with Crippen molar-refractivity contribution in [2.24, 2.45) is 11.5 Å². The molecule has 1 fully saturated rings. The first-order valence-electron chi connectivity index (χ1n) is 7.64. The van der Waals surface area contributed by atoms with Crippen LogP contribution in [0.2, 0.25) is 0 Å². The lowest BCUT2D eigenvalue weighted by molar-refractivity contribution is -0.144. The number of likely N-dealkylation sites (tertiary alicyclic amines) is 1. The van der Waals surface area contributed by atoms with Gasteiger partial charge in [-0.3, -0.25) is 14.4 Å². The molecule has 10 heteroatoms. The first-order chi connectivity index (χ1) is 11.3. The average Bonchev–Trinajstić information content (AvgIpc) is 2.98. The molecule has 6 N–H and O–H groups in total. The molecule has 0 aromatic rings. The average molecular weight is 360 g/mol. The van der Waals surface area contributed by atoms with Crippen LogP contribution in [0.5, 0.6) is 0 Å². The predicted octanol–water partition coefficient (Wildman–Crippen LogP) is -1.50. The number of carboxylic acid groups (broad SMARTS) is 1. The van der Waals surface area contributed by atoms with Crippen molar-refractivity contribution in [2.75, 3.05) is 18.6 Å². The molecule has 3 atom stereocenters. The summed E-state index contributed by atoms with van der Waals surface area (Å²) >= 11 is 1.48. The SMILES string of the molecule is CSCC[C@H](NC(=O)[C@@H]1CCCN1C(=O)[C@@H](N)CC(N)=O)C(=O)O. The number of hydrogen-bond acceptors (Lipinski definition) is 6. The summed E-state index contributed by atoms with van der Waals surface area (Å²) in [5.74, 6) is -2.26. The number of nitrogens with two attached hydrogens (primary N) is 2. The second-order valence-electron chi connectivity index (χ2n) is 5.65. The molecule has 1 aliphatic rings. The number of nitrogens with zero attached hydrogens (tertiary/aromatic N) is 1. The Bertz CT molecular complexity index is 502. The van der Waals surface area contributed by atoms with Gasteiger partial charge in [-0.1, -0.05) is 0 Å². The molecule has 0 aromatic carbocycles. The predicted molar refractivity (Wildman–Crippen MR) is 89.1 cm³/mol. The van der Waals surface area contributed by atoms with E-state index < -0.39 is 41.8 Å². The number of carbonyl (C=O) groups is 4. The summed E-state index contributed by atoms with van der Waals surface area (Å²) in [5, 5.41) is 11.7. The highest BCUT2D eigenvalue weighted by molar-refractivity contribution is 7.98. The van der Waals surface area contributed by atoms with Gasteiger partial charge in [-0.25, -0.2) is 4.79 Å². The van der Waals surface area contributed by atoms with E-state index in [-0.39, 0.29) is 6.42 Å². The molecule has 0 unspecified atom stereocenters. The van der Waals surface area contributed by atoms with E-state index in [2.05, 4.69) is 5.32 Å². The second kappa shape index (κ2) is 9.48. The maximum atomic E-state index is 12.4. The van der Waals surface area contributed by atoms with Gasteiger partial charge in [0.1, 0.15) is 12.1 Å². The van der Waals surface area contributed by atoms with Gasteiger partial charge in [0.25, 0.3) is 0 Å². The van der Waals surface area contributed by atoms with Gasteiger partial charge < -0.3 is 26.8 Å². The highest BCUT2D eigenvalue weighted by Crippen LogP contribution is 2.19. The first-order valence-corrected chi connectivity index (χ1v) is 9.03. The van der Waals surface area contributed by atoms with Crippen molar-refractivity contribution in [3.05, 3.63) is 0 Å². The van der Waals surface area contributed by atoms with Gasteiger partial charge in [-0.15, -0.1) is 0 Å². The van der Waals surface area contributed by atoms with E-state index in [1.165, 1.54) is 16.7 Å². The third kappa shape index (κ3) is 5.68. The lowest BCUT2D eigenvalue weighted by Gasteiger charge is -2.27. The molecule has 9 nitrogen and oxygen atoms in total. The third-order valence-corrected chi connectivity index (χ3v) is 4.45. The fourth-order valence-corrected chi connectivity index (χ4v) is 3.05. The quantitative estimate of drug-likeness (QED) is 0.390. The van der Waals surface area contributed by atoms with Crippen LogP contribution in [0.1, 0.15) is 25.7 Å². The van der Waals surface area contributed by atoms with Crippen LogP contribution in [-0.2, 0) is 19.2 Å². The first kappa shape index (κ1) is 20.2. The van der Waals surface area contributed by atoms with Gasteiger partial charge in [0.05, 0.1) is 12.5 Å². The summed E-state index contributed by atoms with van der Waals surface area (Å²) in [7, 11) is 0. The van der Waals surface area contributed by atoms with Gasteiger partial charge in [0.2, 0.25) is 17.7 Å². The number of primary amides is 1. The Morgan fingerprint density at radius 1 is 1.38 bits per heavy atom. The fraction of sp³-hybridized carbons (Fsp3) is 0.714. The van der Waals surface area contributed by atoms with E-state index >= 15 is 0 Å². The van der Waals surface area contributed by atoms with Crippen molar-refractivity contribution in [1.82, 2.24) is 10.2 Å². The lowest BCUT2D eigenvalue weighted by atomic mass is 10.1. The zero-order valence-electron chi connectivity index (χ0n) is 13.6. The molecule has 0 aliphatic carbocycles. The molecular weight excluding hydrogens is 336 g/mol. The molecule has 0 saturated carbocycles. The standard InChI is InChI=1S/C14H24N4O5S/c1-24-6-4-9(14(22)23)17-12(20)10-3-2-5-18(10)13(21)8(15)7-11(16)19/h8-10H,2-7,15H2,1H3,(H2,16,19)(H,17,20)(H,22,23)/t8-,9-,10-/m0/s1. The molecule has 1 aliphatic heterocycles. The third-order valence-electron chi connectivity index (χ3n) is 3.80. The van der Waals surface area contributed by atoms with E-state index in [1.54, 1.807) is 0 Å². The van der Waals surface area contributed by atoms with Crippen LogP contribution in [0.4, 0.5) is 0 Å². The van der Waals surface area contributed by atoms with Crippen LogP contribution in [-0.4, -0.2) is 70.4 Å². The van der Waals surface area contributed by atoms with Crippen LogP contribution in [0.15, 0.2) is 0 Å². The molecular formula is C14H24N4O5S. The summed E-state index contributed by atoms with van der Waals surface area (Å²) in [6, 6.07) is -2.86. The van der Waals surface area contributed by atoms with E-state index in [0.717, 1.165) is 0 Å². The van der Waals surface area contributed by atoms with E-state index in [4.69, 9.17) is 11.5 Å². The Labute approximate surface area is 144 Å². The maximum absolute atomic E-state index is 12.4. The molecule has 1 saturated heterocycles. The summed E-state index contributed by atoms with van der Waals surface area (Å²) in [4.78, 5) is 48.1. The molecule has 136 valence electrons. The number of carboxylic acids is 1. The van der Waals surface area contributed by atoms with E-state index in [1.807, 2.05) is 6.26 Å². The zero-order chi connectivity index (χ0) is 18.3. The number of thioether (sulfide) groups is 1. The van der Waals surface area contributed by atoms with Crippen molar-refractivity contribution < 1.29 is 24.3 Å². The number of aliphatic carboxylic acids is 1. The van der Waals surface area contributed by atoms with Crippen molar-refractivity contribution in [3.63, 3.8) is 0 Å². The van der Waals surface area contributed by atoms with Crippen LogP contribution in [0.25, 0.3) is 0 Å². The summed E-state index contributed by atoms with van der Waals surface area (Å²) in [6.45, 7) is 0.339. The summed E-state index contributed by atoms with van der Waals surface area (Å²) in [5.41, 5.74) is 10.7. The Morgan fingerprint density at radius 3 is 2.58 bits per heavy atom. The minimum absolute atomic E-state index is 0.296. The Balaban J connectivity index is 2.72. The topological polar surface area (TPSA) is 156 Å². The number of nitrogens with one attached hydrogen (secondary N) is 1. The van der Waals surface area contributed by atoms with Gasteiger partial charge in [-0.2, -0.15) is 11.8 Å². The van der Waals surface area contributed by atoms with Crippen molar-refractivity contribution in [3.8, 4) is 0 Å². The molecule has 0 aromatic heterocycles. The summed E-state index contributed by atoms with van der Waals surface area (Å²) in [6.07, 6.45) is 2.88. The van der Waals surface area contributed by atoms with Crippen molar-refractivity contribution >= 4 is 35.5 Å². The van der Waals surface area contributed by atoms with Crippen LogP contribution < -0.4 is 16.8 Å². The minimum Gasteiger partial charge on any atom is -0.480 e. The fourth-order valence-electron chi connectivity index (χ4n) is 2.58. The molecule has 3 amide bonds. The Hall–Kier alpha value is -1.81. The number of carbonyl (C=O) groups excluding carboxylic acids is 3. The second-order valence-corrected chi connectivity index (χ2v) is 6.63. The molecule has 0 radical (unpaired) electrons. The highest BCUT2D eigenvalue weighted by atomic mass is 32.2. The lowest BCUT2D eigenvalue weighted by Crippen LogP contribution is -2.54. The Kier molecular flexibility index (Phi) is 7.99. The minimum atomic E-state index is -1.11. The van der Waals surface area contributed by atoms with E-state index in [0.29, 0.717) is 31.6 Å². The molecule has 0 bridgehead atoms. The molecule has 24 heavy (non-hydrogen) atoms. The van der Waals surface area contributed by atoms with Crippen LogP contribution in [0, 0.1) is 0 Å². The zero-order valence-corrected chi connectivity index (χ0v) is 14.4. The normalized spacial score (nSPS) is 19.6. The molecule has 1 heterocycles. The van der Waals surface area contributed by atoms with Gasteiger partial charge in [0.15, 0.2) is 0 Å². The summed E-state index contributed by atoms with van der Waals surface area (Å²) < 4.78 is 0. The van der Waals surface area contributed by atoms with Crippen molar-refractivity contribution in [1.29, 1.82) is 0 Å². The van der Waals surface area contributed by atoms with E-state index in [9.17, 15) is 24.3 Å². The highest BCUT2D eigenvalue weighted by Gasteiger charge is 2.37. The number of amides is 3. The smallest absolute Gasteiger partial charge is 0.326 e. The maximum Gasteiger partial charge on any atom is 0.326 e. The monoisotopic (exact) mass is 360 g/mol. The van der Waals surface area contributed by atoms with Gasteiger partial charge >= 0.3 is 5.97 Å². The largest absolute Gasteiger partial charge is 0.480 e. The number of rotatable bonds is 9. The Morgan fingerprint density at radius 2 is 2.04 bits per heavy atom.